The number of aryl methyl sites for hydroxylation is 1. The van der Waals surface area contributed by atoms with E-state index in [1.54, 1.807) is 17.4 Å². The Morgan fingerprint density at radius 1 is 1.44 bits per heavy atom. The van der Waals surface area contributed by atoms with Crippen molar-refractivity contribution in [2.75, 3.05) is 19.6 Å². The van der Waals surface area contributed by atoms with Crippen LogP contribution in [0.3, 0.4) is 0 Å². The normalized spacial score (nSPS) is 29.4. The Kier molecular flexibility index (Phi) is 2.91. The molecule has 2 fully saturated rings. The Bertz CT molecular complexity index is 525. The van der Waals surface area contributed by atoms with Crippen LogP contribution in [0, 0.1) is 5.92 Å². The highest BCUT2D eigenvalue weighted by Gasteiger charge is 2.40. The van der Waals surface area contributed by atoms with Crippen molar-refractivity contribution < 1.29 is 8.42 Å². The second-order valence-corrected chi connectivity index (χ2v) is 6.96. The highest BCUT2D eigenvalue weighted by Crippen LogP contribution is 2.29. The van der Waals surface area contributed by atoms with Crippen LogP contribution < -0.4 is 5.32 Å². The molecule has 1 aromatic rings. The molecule has 0 unspecified atom stereocenters. The molecule has 1 N–H and O–H groups in total. The Hall–Kier alpha value is -0.920. The lowest BCUT2D eigenvalue weighted by atomic mass is 9.94. The molecule has 6 nitrogen and oxygen atoms in total. The molecule has 0 aliphatic carbocycles. The smallest absolute Gasteiger partial charge is 0.260 e. The molecule has 2 aliphatic heterocycles. The summed E-state index contributed by atoms with van der Waals surface area (Å²) in [5.74, 6) is 0.460. The Labute approximate surface area is 107 Å². The third-order valence-electron chi connectivity index (χ3n) is 3.95. The summed E-state index contributed by atoms with van der Waals surface area (Å²) in [7, 11) is -1.73. The van der Waals surface area contributed by atoms with Gasteiger partial charge in [-0.3, -0.25) is 4.68 Å². The standard InChI is InChI=1S/C11H18N4O2S/c1-14-11(4-6-13-14)18(16,17)15-7-9-3-2-5-12-10(9)8-15/h4,6,9-10,12H,2-3,5,7-8H2,1H3/t9-,10+/m0/s1. The van der Waals surface area contributed by atoms with Crippen LogP contribution in [0.2, 0.25) is 0 Å². The summed E-state index contributed by atoms with van der Waals surface area (Å²) in [5.41, 5.74) is 0. The maximum atomic E-state index is 12.5. The third-order valence-corrected chi connectivity index (χ3v) is 5.85. The number of hydrogen-bond acceptors (Lipinski definition) is 4. The largest absolute Gasteiger partial charge is 0.312 e. The number of hydrogen-bond donors (Lipinski definition) is 1. The van der Waals surface area contributed by atoms with Gasteiger partial charge in [0.05, 0.1) is 6.20 Å². The minimum Gasteiger partial charge on any atom is -0.312 e. The minimum absolute atomic E-state index is 0.279. The second kappa shape index (κ2) is 4.32. The van der Waals surface area contributed by atoms with Crippen LogP contribution in [0.25, 0.3) is 0 Å². The van der Waals surface area contributed by atoms with Gasteiger partial charge in [-0.05, 0) is 31.4 Å². The van der Waals surface area contributed by atoms with Gasteiger partial charge in [0.15, 0.2) is 5.03 Å². The number of nitrogens with one attached hydrogen (secondary N) is 1. The molecule has 7 heteroatoms. The first-order valence-electron chi connectivity index (χ1n) is 6.30. The molecule has 0 radical (unpaired) electrons. The lowest BCUT2D eigenvalue weighted by Gasteiger charge is -2.24. The predicted octanol–water partition coefficient (Wildman–Crippen LogP) is -0.207. The second-order valence-electron chi connectivity index (χ2n) is 5.08. The van der Waals surface area contributed by atoms with Gasteiger partial charge in [-0.25, -0.2) is 8.42 Å². The minimum atomic E-state index is -3.39. The summed E-state index contributed by atoms with van der Waals surface area (Å²) in [6.07, 6.45) is 3.78. The predicted molar refractivity (Wildman–Crippen MR) is 66.5 cm³/mol. The van der Waals surface area contributed by atoms with Gasteiger partial charge in [0.25, 0.3) is 10.0 Å². The van der Waals surface area contributed by atoms with Crippen molar-refractivity contribution in [2.24, 2.45) is 13.0 Å². The fourth-order valence-corrected chi connectivity index (χ4v) is 4.57. The number of aromatic nitrogens is 2. The lowest BCUT2D eigenvalue weighted by molar-refractivity contribution is 0.339. The van der Waals surface area contributed by atoms with Crippen LogP contribution >= 0.6 is 0 Å². The van der Waals surface area contributed by atoms with Gasteiger partial charge < -0.3 is 5.32 Å². The first kappa shape index (κ1) is 12.1. The van der Waals surface area contributed by atoms with Crippen molar-refractivity contribution in [3.8, 4) is 0 Å². The lowest BCUT2D eigenvalue weighted by Crippen LogP contribution is -2.41. The molecule has 0 saturated carbocycles. The molecule has 3 heterocycles. The maximum Gasteiger partial charge on any atom is 0.260 e. The Morgan fingerprint density at radius 3 is 2.94 bits per heavy atom. The van der Waals surface area contributed by atoms with Crippen molar-refractivity contribution in [1.29, 1.82) is 0 Å². The van der Waals surface area contributed by atoms with Crippen LogP contribution in [0.5, 0.6) is 0 Å². The van der Waals surface area contributed by atoms with Gasteiger partial charge in [-0.1, -0.05) is 0 Å². The summed E-state index contributed by atoms with van der Waals surface area (Å²) in [6.45, 7) is 2.21. The van der Waals surface area contributed by atoms with Gasteiger partial charge >= 0.3 is 0 Å². The van der Waals surface area contributed by atoms with E-state index < -0.39 is 10.0 Å². The summed E-state index contributed by atoms with van der Waals surface area (Å²) in [6, 6.07) is 1.88. The highest BCUT2D eigenvalue weighted by molar-refractivity contribution is 7.89. The van der Waals surface area contributed by atoms with Crippen LogP contribution in [-0.2, 0) is 17.1 Å². The summed E-state index contributed by atoms with van der Waals surface area (Å²) >= 11 is 0. The van der Waals surface area contributed by atoms with E-state index in [0.29, 0.717) is 25.0 Å². The van der Waals surface area contributed by atoms with Crippen molar-refractivity contribution in [3.05, 3.63) is 12.3 Å². The molecular weight excluding hydrogens is 252 g/mol. The summed E-state index contributed by atoms with van der Waals surface area (Å²) in [5, 5.41) is 7.63. The Morgan fingerprint density at radius 2 is 2.28 bits per heavy atom. The van der Waals surface area contributed by atoms with Gasteiger partial charge in [-0.2, -0.15) is 9.40 Å². The zero-order chi connectivity index (χ0) is 12.8. The first-order valence-corrected chi connectivity index (χ1v) is 7.74. The number of piperidine rings is 1. The zero-order valence-electron chi connectivity index (χ0n) is 10.4. The molecule has 18 heavy (non-hydrogen) atoms. The summed E-state index contributed by atoms with van der Waals surface area (Å²) in [4.78, 5) is 0. The molecule has 100 valence electrons. The van der Waals surface area contributed by atoms with Gasteiger partial charge in [0.2, 0.25) is 0 Å². The number of sulfonamides is 1. The van der Waals surface area contributed by atoms with Crippen molar-refractivity contribution in [3.63, 3.8) is 0 Å². The molecule has 0 spiro atoms. The zero-order valence-corrected chi connectivity index (χ0v) is 11.2. The SMILES string of the molecule is Cn1nccc1S(=O)(=O)N1C[C@@H]2CCCN[C@@H]2C1. The van der Waals surface area contributed by atoms with E-state index in [4.69, 9.17) is 0 Å². The molecule has 0 amide bonds. The van der Waals surface area contributed by atoms with Crippen LogP contribution in [0.4, 0.5) is 0 Å². The van der Waals surface area contributed by atoms with Gasteiger partial charge in [0.1, 0.15) is 0 Å². The molecule has 0 bridgehead atoms. The monoisotopic (exact) mass is 270 g/mol. The molecule has 2 aliphatic rings. The number of nitrogens with zero attached hydrogens (tertiary/aromatic N) is 3. The average molecular weight is 270 g/mol. The molecule has 2 atom stereocenters. The number of fused-ring (bicyclic) bond motifs is 1. The molecule has 1 aromatic heterocycles. The third kappa shape index (κ3) is 1.86. The first-order chi connectivity index (χ1) is 8.59. The molecule has 3 rings (SSSR count). The number of rotatable bonds is 2. The van der Waals surface area contributed by atoms with E-state index in [-0.39, 0.29) is 5.03 Å². The van der Waals surface area contributed by atoms with E-state index >= 15 is 0 Å². The van der Waals surface area contributed by atoms with E-state index in [0.717, 1.165) is 19.4 Å². The molecular formula is C11H18N4O2S. The quantitative estimate of drug-likeness (QED) is 0.807. The molecule has 2 saturated heterocycles. The average Bonchev–Trinajstić information content (AvgIpc) is 2.94. The van der Waals surface area contributed by atoms with E-state index in [1.165, 1.54) is 10.9 Å². The van der Waals surface area contributed by atoms with Crippen LogP contribution in [-0.4, -0.2) is 48.2 Å². The summed E-state index contributed by atoms with van der Waals surface area (Å²) < 4.78 is 28.0. The van der Waals surface area contributed by atoms with E-state index in [1.807, 2.05) is 0 Å². The molecule has 0 aromatic carbocycles. The topological polar surface area (TPSA) is 67.2 Å². The van der Waals surface area contributed by atoms with Crippen molar-refractivity contribution in [1.82, 2.24) is 19.4 Å². The van der Waals surface area contributed by atoms with Crippen LogP contribution in [0.1, 0.15) is 12.8 Å². The van der Waals surface area contributed by atoms with Crippen molar-refractivity contribution >= 4 is 10.0 Å². The van der Waals surface area contributed by atoms with Crippen LogP contribution in [0.15, 0.2) is 17.3 Å². The van der Waals surface area contributed by atoms with Crippen molar-refractivity contribution in [2.45, 2.75) is 23.9 Å². The Balaban J connectivity index is 1.86. The van der Waals surface area contributed by atoms with Gasteiger partial charge in [-0.15, -0.1) is 0 Å². The van der Waals surface area contributed by atoms with Gasteiger partial charge in [0, 0.05) is 26.2 Å². The highest BCUT2D eigenvalue weighted by atomic mass is 32.2. The van der Waals surface area contributed by atoms with E-state index in [9.17, 15) is 8.42 Å². The fourth-order valence-electron chi connectivity index (χ4n) is 2.95. The fraction of sp³-hybridized carbons (Fsp3) is 0.727. The van der Waals surface area contributed by atoms with E-state index in [2.05, 4.69) is 10.4 Å². The maximum absolute atomic E-state index is 12.5.